The van der Waals surface area contributed by atoms with Crippen LogP contribution >= 0.6 is 0 Å². The van der Waals surface area contributed by atoms with E-state index in [1.54, 1.807) is 36.1 Å². The number of nitrogens with zero attached hydrogens (tertiary/aromatic N) is 1. The molecule has 0 aliphatic carbocycles. The van der Waals surface area contributed by atoms with Crippen LogP contribution in [0.1, 0.15) is 41.6 Å². The van der Waals surface area contributed by atoms with Crippen molar-refractivity contribution >= 4 is 21.8 Å². The molecule has 4 aromatic carbocycles. The standard InChI is InChI=1S/C33H35N3O4S/c1-2-35-41(39,40)30-21-18-26(19-22-30)20-23-31(37)36(25-28-14-8-4-9-15-28)32(29-16-10-5-11-17-29)33(38)34-24-27-12-6-3-7-13-27/h3-19,21-22,32,35H,2,20,23-25H2,1H3,(H,34,38). The molecular weight excluding hydrogens is 534 g/mol. The number of sulfonamides is 1. The highest BCUT2D eigenvalue weighted by atomic mass is 32.2. The lowest BCUT2D eigenvalue weighted by Gasteiger charge is -2.32. The molecule has 0 bridgehead atoms. The third-order valence-electron chi connectivity index (χ3n) is 6.70. The molecule has 0 spiro atoms. The van der Waals surface area contributed by atoms with Gasteiger partial charge < -0.3 is 10.2 Å². The minimum absolute atomic E-state index is 0.154. The van der Waals surface area contributed by atoms with Crippen molar-refractivity contribution in [1.82, 2.24) is 14.9 Å². The summed E-state index contributed by atoms with van der Waals surface area (Å²) in [7, 11) is -3.55. The van der Waals surface area contributed by atoms with E-state index in [4.69, 9.17) is 0 Å². The minimum Gasteiger partial charge on any atom is -0.350 e. The van der Waals surface area contributed by atoms with Crippen molar-refractivity contribution in [3.05, 3.63) is 138 Å². The van der Waals surface area contributed by atoms with Crippen LogP contribution in [0.2, 0.25) is 0 Å². The molecule has 1 unspecified atom stereocenters. The van der Waals surface area contributed by atoms with Crippen LogP contribution in [0.25, 0.3) is 0 Å². The summed E-state index contributed by atoms with van der Waals surface area (Å²) in [5, 5.41) is 3.03. The van der Waals surface area contributed by atoms with Gasteiger partial charge in [0.2, 0.25) is 21.8 Å². The van der Waals surface area contributed by atoms with Gasteiger partial charge >= 0.3 is 0 Å². The normalized spacial score (nSPS) is 11.9. The molecule has 0 radical (unpaired) electrons. The summed E-state index contributed by atoms with van der Waals surface area (Å²) in [5.74, 6) is -0.441. The summed E-state index contributed by atoms with van der Waals surface area (Å²) >= 11 is 0. The van der Waals surface area contributed by atoms with Crippen molar-refractivity contribution in [1.29, 1.82) is 0 Å². The van der Waals surface area contributed by atoms with E-state index in [2.05, 4.69) is 10.0 Å². The highest BCUT2D eigenvalue weighted by Gasteiger charge is 2.31. The van der Waals surface area contributed by atoms with E-state index in [9.17, 15) is 18.0 Å². The van der Waals surface area contributed by atoms with E-state index in [1.165, 1.54) is 0 Å². The number of carbonyl (C=O) groups excluding carboxylic acids is 2. The van der Waals surface area contributed by atoms with E-state index in [-0.39, 0.29) is 29.7 Å². The zero-order chi connectivity index (χ0) is 29.1. The fourth-order valence-corrected chi connectivity index (χ4v) is 5.64. The number of benzene rings is 4. The topological polar surface area (TPSA) is 95.6 Å². The molecule has 4 rings (SSSR count). The molecule has 212 valence electrons. The van der Waals surface area contributed by atoms with E-state index < -0.39 is 16.1 Å². The van der Waals surface area contributed by atoms with Gasteiger partial charge in [-0.05, 0) is 40.8 Å². The summed E-state index contributed by atoms with van der Waals surface area (Å²) in [5.41, 5.74) is 3.43. The number of hydrogen-bond donors (Lipinski definition) is 2. The molecule has 8 heteroatoms. The van der Waals surface area contributed by atoms with E-state index in [1.807, 2.05) is 91.0 Å². The van der Waals surface area contributed by atoms with Gasteiger partial charge in [-0.15, -0.1) is 0 Å². The van der Waals surface area contributed by atoms with Crippen LogP contribution in [0.5, 0.6) is 0 Å². The molecule has 1 atom stereocenters. The Kier molecular flexibility index (Phi) is 10.4. The summed E-state index contributed by atoms with van der Waals surface area (Å²) in [4.78, 5) is 29.4. The maximum atomic E-state index is 13.9. The van der Waals surface area contributed by atoms with Gasteiger partial charge in [-0.1, -0.05) is 110 Å². The van der Waals surface area contributed by atoms with Gasteiger partial charge in [0, 0.05) is 26.1 Å². The first-order valence-corrected chi connectivity index (χ1v) is 15.1. The van der Waals surface area contributed by atoms with Crippen LogP contribution < -0.4 is 10.0 Å². The average molecular weight is 570 g/mol. The van der Waals surface area contributed by atoms with Gasteiger partial charge in [0.05, 0.1) is 4.90 Å². The Balaban J connectivity index is 1.58. The van der Waals surface area contributed by atoms with Gasteiger partial charge in [0.15, 0.2) is 0 Å². The lowest BCUT2D eigenvalue weighted by Crippen LogP contribution is -2.43. The first kappa shape index (κ1) is 29.7. The molecule has 0 fully saturated rings. The Morgan fingerprint density at radius 1 is 0.732 bits per heavy atom. The summed E-state index contributed by atoms with van der Waals surface area (Å²) in [6, 6.07) is 34.3. The molecule has 7 nitrogen and oxygen atoms in total. The van der Waals surface area contributed by atoms with Crippen molar-refractivity contribution in [2.75, 3.05) is 6.54 Å². The summed E-state index contributed by atoms with van der Waals surface area (Å²) < 4.78 is 27.0. The number of nitrogens with one attached hydrogen (secondary N) is 2. The third-order valence-corrected chi connectivity index (χ3v) is 8.26. The van der Waals surface area contributed by atoms with Crippen LogP contribution in [-0.2, 0) is 39.1 Å². The Morgan fingerprint density at radius 3 is 1.88 bits per heavy atom. The SMILES string of the molecule is CCNS(=O)(=O)c1ccc(CCC(=O)N(Cc2ccccc2)C(C(=O)NCc2ccccc2)c2ccccc2)cc1. The number of aryl methyl sites for hydroxylation is 1. The maximum absolute atomic E-state index is 13.9. The van der Waals surface area contributed by atoms with Gasteiger partial charge in [0.1, 0.15) is 6.04 Å². The predicted octanol–water partition coefficient (Wildman–Crippen LogP) is 5.00. The third kappa shape index (κ3) is 8.36. The van der Waals surface area contributed by atoms with Gasteiger partial charge in [-0.25, -0.2) is 13.1 Å². The van der Waals surface area contributed by atoms with Crippen LogP contribution in [0.15, 0.2) is 120 Å². The molecule has 0 saturated heterocycles. The Labute approximate surface area is 242 Å². The zero-order valence-corrected chi connectivity index (χ0v) is 23.9. The Bertz CT molecular complexity index is 1510. The molecule has 0 aromatic heterocycles. The average Bonchev–Trinajstić information content (AvgIpc) is 3.00. The van der Waals surface area contributed by atoms with Crippen molar-refractivity contribution in [3.63, 3.8) is 0 Å². The summed E-state index contributed by atoms with van der Waals surface area (Å²) in [6.45, 7) is 2.64. The highest BCUT2D eigenvalue weighted by molar-refractivity contribution is 7.89. The van der Waals surface area contributed by atoms with E-state index >= 15 is 0 Å². The molecule has 0 saturated carbocycles. The van der Waals surface area contributed by atoms with Crippen molar-refractivity contribution in [3.8, 4) is 0 Å². The number of amides is 2. The molecule has 0 heterocycles. The Morgan fingerprint density at radius 2 is 1.29 bits per heavy atom. The second-order valence-corrected chi connectivity index (χ2v) is 11.4. The van der Waals surface area contributed by atoms with Crippen molar-refractivity contribution < 1.29 is 18.0 Å². The maximum Gasteiger partial charge on any atom is 0.247 e. The largest absolute Gasteiger partial charge is 0.350 e. The molecule has 2 N–H and O–H groups in total. The number of carbonyl (C=O) groups is 2. The van der Waals surface area contributed by atoms with Crippen LogP contribution in [0, 0.1) is 0 Å². The summed E-state index contributed by atoms with van der Waals surface area (Å²) in [6.07, 6.45) is 0.556. The van der Waals surface area contributed by atoms with Crippen LogP contribution in [0.3, 0.4) is 0 Å². The zero-order valence-electron chi connectivity index (χ0n) is 23.1. The molecule has 0 aliphatic rings. The minimum atomic E-state index is -3.55. The van der Waals surface area contributed by atoms with Crippen molar-refractivity contribution in [2.45, 2.75) is 43.8 Å². The van der Waals surface area contributed by atoms with E-state index in [0.29, 0.717) is 19.5 Å². The first-order valence-electron chi connectivity index (χ1n) is 13.7. The smallest absolute Gasteiger partial charge is 0.247 e. The predicted molar refractivity (Wildman–Crippen MR) is 160 cm³/mol. The van der Waals surface area contributed by atoms with Gasteiger partial charge in [0.25, 0.3) is 0 Å². The fourth-order valence-electron chi connectivity index (χ4n) is 4.60. The lowest BCUT2D eigenvalue weighted by atomic mass is 10.0. The molecule has 2 amide bonds. The van der Waals surface area contributed by atoms with Gasteiger partial charge in [-0.3, -0.25) is 9.59 Å². The number of hydrogen-bond acceptors (Lipinski definition) is 4. The second kappa shape index (κ2) is 14.4. The monoisotopic (exact) mass is 569 g/mol. The molecule has 41 heavy (non-hydrogen) atoms. The van der Waals surface area contributed by atoms with Gasteiger partial charge in [-0.2, -0.15) is 0 Å². The molecule has 0 aliphatic heterocycles. The highest BCUT2D eigenvalue weighted by Crippen LogP contribution is 2.25. The van der Waals surface area contributed by atoms with Crippen molar-refractivity contribution in [2.24, 2.45) is 0 Å². The second-order valence-electron chi connectivity index (χ2n) is 9.67. The fraction of sp³-hybridized carbons (Fsp3) is 0.212. The quantitative estimate of drug-likeness (QED) is 0.237. The number of rotatable bonds is 13. The van der Waals surface area contributed by atoms with E-state index in [0.717, 1.165) is 22.3 Å². The Hall–Kier alpha value is -4.27. The van der Waals surface area contributed by atoms with Crippen LogP contribution in [-0.4, -0.2) is 31.7 Å². The first-order chi connectivity index (χ1) is 19.9. The molecule has 4 aromatic rings. The lowest BCUT2D eigenvalue weighted by molar-refractivity contribution is -0.141. The molecular formula is C33H35N3O4S. The van der Waals surface area contributed by atoms with Crippen LogP contribution in [0.4, 0.5) is 0 Å².